The molecule has 0 radical (unpaired) electrons. The second kappa shape index (κ2) is 5.16. The highest BCUT2D eigenvalue weighted by atomic mass is 16.2. The van der Waals surface area contributed by atoms with E-state index < -0.39 is 5.91 Å². The number of hydrogen-bond acceptors (Lipinski definition) is 3. The summed E-state index contributed by atoms with van der Waals surface area (Å²) in [5.74, 6) is -1.01. The van der Waals surface area contributed by atoms with Gasteiger partial charge in [0.25, 0.3) is 11.8 Å². The topological polar surface area (TPSA) is 58.9 Å². The van der Waals surface area contributed by atoms with Crippen LogP contribution in [-0.2, 0) is 0 Å². The van der Waals surface area contributed by atoms with E-state index in [1.165, 1.54) is 4.90 Å². The number of fused-ring (bicyclic) bond motifs is 3. The van der Waals surface area contributed by atoms with E-state index in [4.69, 9.17) is 0 Å². The van der Waals surface area contributed by atoms with Crippen LogP contribution < -0.4 is 0 Å². The standard InChI is InChI=1S/C19H14N2O3/c1-2-20-18(23)14-13-10-6-7-11-21(13)16(15(14)19(20)24)17(22)12-8-4-3-5-9-12/h3-11H,2H2,1H3. The van der Waals surface area contributed by atoms with Crippen molar-refractivity contribution in [2.75, 3.05) is 6.54 Å². The Hall–Kier alpha value is -3.21. The van der Waals surface area contributed by atoms with Crippen molar-refractivity contribution in [2.45, 2.75) is 6.92 Å². The van der Waals surface area contributed by atoms with Gasteiger partial charge in [0.15, 0.2) is 0 Å². The van der Waals surface area contributed by atoms with Gasteiger partial charge in [0.2, 0.25) is 5.78 Å². The van der Waals surface area contributed by atoms with Crippen LogP contribution in [0.25, 0.3) is 5.52 Å². The number of ketones is 1. The second-order valence-corrected chi connectivity index (χ2v) is 5.60. The lowest BCUT2D eigenvalue weighted by molar-refractivity contribution is 0.0660. The van der Waals surface area contributed by atoms with Crippen LogP contribution >= 0.6 is 0 Å². The molecule has 1 aliphatic rings. The molecule has 0 N–H and O–H groups in total. The largest absolute Gasteiger partial charge is 0.312 e. The molecule has 118 valence electrons. The zero-order valence-electron chi connectivity index (χ0n) is 13.0. The summed E-state index contributed by atoms with van der Waals surface area (Å²) in [6.07, 6.45) is 1.71. The van der Waals surface area contributed by atoms with Crippen molar-refractivity contribution in [2.24, 2.45) is 0 Å². The maximum atomic E-state index is 13.0. The fourth-order valence-corrected chi connectivity index (χ4v) is 3.23. The van der Waals surface area contributed by atoms with Crippen LogP contribution in [0.1, 0.15) is 43.7 Å². The fraction of sp³-hybridized carbons (Fsp3) is 0.105. The van der Waals surface area contributed by atoms with E-state index in [-0.39, 0.29) is 29.5 Å². The highest BCUT2D eigenvalue weighted by Gasteiger charge is 2.42. The average molecular weight is 318 g/mol. The Morgan fingerprint density at radius 2 is 1.58 bits per heavy atom. The molecule has 5 nitrogen and oxygen atoms in total. The van der Waals surface area contributed by atoms with Gasteiger partial charge in [0.05, 0.1) is 16.6 Å². The lowest BCUT2D eigenvalue weighted by Gasteiger charge is -2.12. The maximum absolute atomic E-state index is 13.0. The van der Waals surface area contributed by atoms with Gasteiger partial charge in [-0.25, -0.2) is 0 Å². The molecule has 3 heterocycles. The van der Waals surface area contributed by atoms with Crippen LogP contribution in [0.5, 0.6) is 0 Å². The number of benzene rings is 1. The molecule has 0 bridgehead atoms. The third kappa shape index (κ3) is 1.78. The molecule has 0 spiro atoms. The smallest absolute Gasteiger partial charge is 0.263 e. The van der Waals surface area contributed by atoms with Crippen LogP contribution in [0.4, 0.5) is 0 Å². The van der Waals surface area contributed by atoms with Gasteiger partial charge in [-0.3, -0.25) is 19.3 Å². The van der Waals surface area contributed by atoms with Crippen LogP contribution in [0.15, 0.2) is 54.7 Å². The molecule has 5 heteroatoms. The van der Waals surface area contributed by atoms with E-state index in [1.807, 2.05) is 6.07 Å². The molecule has 1 aliphatic heterocycles. The number of hydrogen-bond donors (Lipinski definition) is 0. The molecule has 0 atom stereocenters. The van der Waals surface area contributed by atoms with Crippen molar-refractivity contribution in [1.29, 1.82) is 0 Å². The second-order valence-electron chi connectivity index (χ2n) is 5.60. The van der Waals surface area contributed by atoms with Crippen LogP contribution in [0, 0.1) is 0 Å². The summed E-state index contributed by atoms with van der Waals surface area (Å²) in [5.41, 5.74) is 1.85. The fourth-order valence-electron chi connectivity index (χ4n) is 3.23. The maximum Gasteiger partial charge on any atom is 0.263 e. The highest BCUT2D eigenvalue weighted by molar-refractivity contribution is 6.29. The van der Waals surface area contributed by atoms with Crippen molar-refractivity contribution >= 4 is 23.1 Å². The number of aromatic nitrogens is 1. The minimum atomic E-state index is -0.402. The van der Waals surface area contributed by atoms with E-state index in [0.29, 0.717) is 16.6 Å². The first-order valence-corrected chi connectivity index (χ1v) is 7.74. The molecule has 3 aromatic rings. The quantitative estimate of drug-likeness (QED) is 0.551. The first-order chi connectivity index (χ1) is 11.6. The van der Waals surface area contributed by atoms with Gasteiger partial charge >= 0.3 is 0 Å². The molecule has 0 aliphatic carbocycles. The van der Waals surface area contributed by atoms with Crippen molar-refractivity contribution in [3.05, 3.63) is 77.1 Å². The molecule has 0 fully saturated rings. The number of carbonyl (C=O) groups is 3. The minimum absolute atomic E-state index is 0.210. The predicted octanol–water partition coefficient (Wildman–Crippen LogP) is 2.79. The van der Waals surface area contributed by atoms with E-state index >= 15 is 0 Å². The number of carbonyl (C=O) groups excluding carboxylic acids is 3. The van der Waals surface area contributed by atoms with Crippen molar-refractivity contribution in [1.82, 2.24) is 9.30 Å². The van der Waals surface area contributed by atoms with Gasteiger partial charge in [-0.2, -0.15) is 0 Å². The molecule has 1 aromatic carbocycles. The van der Waals surface area contributed by atoms with Crippen molar-refractivity contribution in [3.63, 3.8) is 0 Å². The number of amides is 2. The number of pyridine rings is 1. The SMILES string of the molecule is CCN1C(=O)c2c(c3ccccn3c2C(=O)c2ccccc2)C1=O. The van der Waals surface area contributed by atoms with Crippen LogP contribution in [-0.4, -0.2) is 33.4 Å². The zero-order valence-corrected chi connectivity index (χ0v) is 13.0. The Kier molecular flexibility index (Phi) is 3.09. The molecule has 2 aromatic heterocycles. The summed E-state index contributed by atoms with van der Waals surface area (Å²) < 4.78 is 1.64. The summed E-state index contributed by atoms with van der Waals surface area (Å²) in [6, 6.07) is 14.1. The molecular weight excluding hydrogens is 304 g/mol. The number of nitrogens with zero attached hydrogens (tertiary/aromatic N) is 2. The van der Waals surface area contributed by atoms with Crippen molar-refractivity contribution < 1.29 is 14.4 Å². The number of imide groups is 1. The molecule has 0 saturated carbocycles. The molecule has 24 heavy (non-hydrogen) atoms. The summed E-state index contributed by atoms with van der Waals surface area (Å²) in [6.45, 7) is 2.03. The zero-order chi connectivity index (χ0) is 16.8. The van der Waals surface area contributed by atoms with Crippen molar-refractivity contribution in [3.8, 4) is 0 Å². The first kappa shape index (κ1) is 14.4. The van der Waals surface area contributed by atoms with E-state index in [2.05, 4.69) is 0 Å². The van der Waals surface area contributed by atoms with Gasteiger partial charge < -0.3 is 4.40 Å². The summed E-state index contributed by atoms with van der Waals surface area (Å²) >= 11 is 0. The summed E-state index contributed by atoms with van der Waals surface area (Å²) in [4.78, 5) is 39.5. The molecule has 4 rings (SSSR count). The lowest BCUT2D eigenvalue weighted by atomic mass is 10.0. The average Bonchev–Trinajstić information content (AvgIpc) is 3.08. The molecule has 0 saturated heterocycles. The van der Waals surface area contributed by atoms with Crippen LogP contribution in [0.2, 0.25) is 0 Å². The number of rotatable bonds is 3. The monoisotopic (exact) mass is 318 g/mol. The predicted molar refractivity (Wildman–Crippen MR) is 88.3 cm³/mol. The van der Waals surface area contributed by atoms with Gasteiger partial charge in [-0.15, -0.1) is 0 Å². The van der Waals surface area contributed by atoms with E-state index in [1.54, 1.807) is 60.0 Å². The van der Waals surface area contributed by atoms with Gasteiger partial charge in [0, 0.05) is 18.3 Å². The first-order valence-electron chi connectivity index (χ1n) is 7.74. The Morgan fingerprint density at radius 1 is 0.917 bits per heavy atom. The third-order valence-corrected chi connectivity index (χ3v) is 4.33. The summed E-state index contributed by atoms with van der Waals surface area (Å²) in [5, 5.41) is 0. The lowest BCUT2D eigenvalue weighted by Crippen LogP contribution is -2.30. The van der Waals surface area contributed by atoms with Crippen LogP contribution in [0.3, 0.4) is 0 Å². The summed E-state index contributed by atoms with van der Waals surface area (Å²) in [7, 11) is 0. The van der Waals surface area contributed by atoms with Gasteiger partial charge in [0.1, 0.15) is 5.69 Å². The minimum Gasteiger partial charge on any atom is -0.312 e. The van der Waals surface area contributed by atoms with E-state index in [0.717, 1.165) is 0 Å². The molecule has 0 unspecified atom stereocenters. The Labute approximate surface area is 138 Å². The normalized spacial score (nSPS) is 13.6. The van der Waals surface area contributed by atoms with E-state index in [9.17, 15) is 14.4 Å². The molecule has 2 amide bonds. The molecular formula is C19H14N2O3. The Balaban J connectivity index is 2.04. The third-order valence-electron chi connectivity index (χ3n) is 4.33. The Bertz CT molecular complexity index is 1000. The highest BCUT2D eigenvalue weighted by Crippen LogP contribution is 2.33. The van der Waals surface area contributed by atoms with Gasteiger partial charge in [-0.05, 0) is 19.1 Å². The Morgan fingerprint density at radius 3 is 2.29 bits per heavy atom. The van der Waals surface area contributed by atoms with Gasteiger partial charge in [-0.1, -0.05) is 36.4 Å².